The summed E-state index contributed by atoms with van der Waals surface area (Å²) < 4.78 is 11.4. The Kier molecular flexibility index (Phi) is 7.23. The number of aromatic nitrogens is 2. The molecule has 8 nitrogen and oxygen atoms in total. The average Bonchev–Trinajstić information content (AvgIpc) is 2.82. The average molecular weight is 473 g/mol. The molecule has 2 heterocycles. The third-order valence-electron chi connectivity index (χ3n) is 5.60. The molecule has 0 spiro atoms. The number of halogens is 1. The number of nitrogens with zero attached hydrogens (tertiary/aromatic N) is 2. The smallest absolute Gasteiger partial charge is 0.238 e. The molecule has 1 aliphatic heterocycles. The van der Waals surface area contributed by atoms with Gasteiger partial charge in [0, 0.05) is 11.1 Å². The minimum atomic E-state index is -1.44. The maximum atomic E-state index is 10.4. The molecule has 1 aliphatic rings. The zero-order valence-corrected chi connectivity index (χ0v) is 18.6. The Morgan fingerprint density at radius 3 is 2.36 bits per heavy atom. The number of ether oxygens (including phenoxy) is 2. The van der Waals surface area contributed by atoms with Crippen molar-refractivity contribution in [3.8, 4) is 11.6 Å². The Morgan fingerprint density at radius 2 is 1.70 bits per heavy atom. The second-order valence-electron chi connectivity index (χ2n) is 8.04. The molecule has 1 aromatic heterocycles. The van der Waals surface area contributed by atoms with Crippen molar-refractivity contribution in [3.05, 3.63) is 82.0 Å². The minimum Gasteiger partial charge on any atom is -0.438 e. The van der Waals surface area contributed by atoms with Crippen LogP contribution in [0.2, 0.25) is 5.02 Å². The van der Waals surface area contributed by atoms with E-state index in [9.17, 15) is 20.4 Å². The molecule has 1 saturated heterocycles. The molecule has 174 valence electrons. The van der Waals surface area contributed by atoms with E-state index in [0.717, 1.165) is 16.8 Å². The lowest BCUT2D eigenvalue weighted by molar-refractivity contribution is -0.231. The van der Waals surface area contributed by atoms with Gasteiger partial charge in [-0.25, -0.2) is 0 Å². The molecular formula is C24H25ClN2O6. The lowest BCUT2D eigenvalue weighted by atomic mass is 9.90. The Morgan fingerprint density at radius 1 is 0.939 bits per heavy atom. The van der Waals surface area contributed by atoms with Crippen molar-refractivity contribution >= 4 is 11.6 Å². The van der Waals surface area contributed by atoms with Gasteiger partial charge in [-0.2, -0.15) is 5.10 Å². The van der Waals surface area contributed by atoms with E-state index in [1.807, 2.05) is 37.3 Å². The van der Waals surface area contributed by atoms with Crippen LogP contribution in [0.4, 0.5) is 0 Å². The minimum absolute atomic E-state index is 0.406. The van der Waals surface area contributed by atoms with Crippen LogP contribution in [0, 0.1) is 6.92 Å². The number of aliphatic hydroxyl groups is 4. The molecule has 0 aliphatic carbocycles. The third-order valence-corrected chi connectivity index (χ3v) is 5.97. The first-order valence-corrected chi connectivity index (χ1v) is 10.9. The largest absolute Gasteiger partial charge is 0.438 e. The van der Waals surface area contributed by atoms with Crippen molar-refractivity contribution in [2.75, 3.05) is 6.61 Å². The van der Waals surface area contributed by atoms with Crippen LogP contribution < -0.4 is 4.74 Å². The van der Waals surface area contributed by atoms with Crippen LogP contribution in [0.3, 0.4) is 0 Å². The Labute approximate surface area is 196 Å². The van der Waals surface area contributed by atoms with Gasteiger partial charge in [0.05, 0.1) is 12.3 Å². The number of hydrogen-bond acceptors (Lipinski definition) is 8. The lowest BCUT2D eigenvalue weighted by Crippen LogP contribution is -2.55. The fourth-order valence-electron chi connectivity index (χ4n) is 3.74. The number of aliphatic hydroxyl groups excluding tert-OH is 4. The van der Waals surface area contributed by atoms with Crippen LogP contribution >= 0.6 is 11.6 Å². The molecule has 4 N–H and O–H groups in total. The summed E-state index contributed by atoms with van der Waals surface area (Å²) in [4.78, 5) is 0. The van der Waals surface area contributed by atoms with E-state index < -0.39 is 37.1 Å². The number of rotatable bonds is 6. The van der Waals surface area contributed by atoms with E-state index in [4.69, 9.17) is 21.1 Å². The summed E-state index contributed by atoms with van der Waals surface area (Å²) in [5.74, 6) is 1.03. The summed E-state index contributed by atoms with van der Waals surface area (Å²) in [7, 11) is 0. The molecule has 0 amide bonds. The predicted octanol–water partition coefficient (Wildman–Crippen LogP) is 2.34. The molecule has 0 radical (unpaired) electrons. The van der Waals surface area contributed by atoms with E-state index in [1.165, 1.54) is 0 Å². The second-order valence-corrected chi connectivity index (χ2v) is 8.44. The van der Waals surface area contributed by atoms with Gasteiger partial charge in [-0.15, -0.1) is 5.10 Å². The van der Waals surface area contributed by atoms with Crippen LogP contribution in [-0.4, -0.2) is 61.6 Å². The Hall–Kier alpha value is -2.59. The van der Waals surface area contributed by atoms with Crippen LogP contribution in [0.1, 0.15) is 28.5 Å². The van der Waals surface area contributed by atoms with Gasteiger partial charge in [-0.1, -0.05) is 35.9 Å². The van der Waals surface area contributed by atoms with Gasteiger partial charge >= 0.3 is 0 Å². The first kappa shape index (κ1) is 23.6. The second kappa shape index (κ2) is 10.1. The zero-order valence-electron chi connectivity index (χ0n) is 17.9. The number of hydrogen-bond donors (Lipinski definition) is 4. The van der Waals surface area contributed by atoms with E-state index in [2.05, 4.69) is 10.2 Å². The SMILES string of the molecule is Cc1ccc(Oc2ccc(Cc3cc([C@@H]4O[C@H](CO)[C@@H](O)[C@H](O)[C@H]4O)ccc3Cl)cc2)nn1. The van der Waals surface area contributed by atoms with Gasteiger partial charge in [0.25, 0.3) is 0 Å². The third kappa shape index (κ3) is 5.33. The topological polar surface area (TPSA) is 125 Å². The summed E-state index contributed by atoms with van der Waals surface area (Å²) in [6.45, 7) is 1.37. The highest BCUT2D eigenvalue weighted by Gasteiger charge is 2.44. The fraction of sp³-hybridized carbons (Fsp3) is 0.333. The van der Waals surface area contributed by atoms with E-state index in [1.54, 1.807) is 24.3 Å². The molecule has 33 heavy (non-hydrogen) atoms. The zero-order chi connectivity index (χ0) is 23.5. The quantitative estimate of drug-likeness (QED) is 0.431. The molecule has 1 fully saturated rings. The molecule has 5 atom stereocenters. The maximum Gasteiger partial charge on any atom is 0.238 e. The standard InChI is InChI=1S/C24H25ClN2O6/c1-13-2-9-20(27-26-13)32-17-6-3-14(4-7-17)10-16-11-15(5-8-18(16)25)24-23(31)22(30)21(29)19(12-28)33-24/h2-9,11,19,21-24,28-31H,10,12H2,1H3/t19-,21-,22+,23-,24+/m1/s1. The molecule has 9 heteroatoms. The molecule has 0 bridgehead atoms. The lowest BCUT2D eigenvalue weighted by Gasteiger charge is -2.40. The van der Waals surface area contributed by atoms with Gasteiger partial charge in [0.1, 0.15) is 36.3 Å². The number of aryl methyl sites for hydroxylation is 1. The van der Waals surface area contributed by atoms with Crippen molar-refractivity contribution in [3.63, 3.8) is 0 Å². The van der Waals surface area contributed by atoms with E-state index in [-0.39, 0.29) is 0 Å². The highest BCUT2D eigenvalue weighted by atomic mass is 35.5. The summed E-state index contributed by atoms with van der Waals surface area (Å²) in [5.41, 5.74) is 3.17. The van der Waals surface area contributed by atoms with Gasteiger partial charge < -0.3 is 29.9 Å². The van der Waals surface area contributed by atoms with Crippen molar-refractivity contribution in [1.29, 1.82) is 0 Å². The van der Waals surface area contributed by atoms with Gasteiger partial charge in [0.2, 0.25) is 5.88 Å². The first-order chi connectivity index (χ1) is 15.9. The van der Waals surface area contributed by atoms with Gasteiger partial charge in [-0.3, -0.25) is 0 Å². The molecule has 4 rings (SSSR count). The van der Waals surface area contributed by atoms with Crippen molar-refractivity contribution in [2.45, 2.75) is 43.9 Å². The van der Waals surface area contributed by atoms with Crippen molar-refractivity contribution < 1.29 is 29.9 Å². The van der Waals surface area contributed by atoms with E-state index >= 15 is 0 Å². The highest BCUT2D eigenvalue weighted by molar-refractivity contribution is 6.31. The molecular weight excluding hydrogens is 448 g/mol. The summed E-state index contributed by atoms with van der Waals surface area (Å²) in [6.07, 6.45) is -5.57. The van der Waals surface area contributed by atoms with Gasteiger partial charge in [0.15, 0.2) is 0 Å². The molecule has 0 unspecified atom stereocenters. The summed E-state index contributed by atoms with van der Waals surface area (Å²) in [5, 5.41) is 48.5. The summed E-state index contributed by atoms with van der Waals surface area (Å²) >= 11 is 6.41. The van der Waals surface area contributed by atoms with Crippen LogP contribution in [0.15, 0.2) is 54.6 Å². The monoisotopic (exact) mass is 472 g/mol. The van der Waals surface area contributed by atoms with Crippen LogP contribution in [-0.2, 0) is 11.2 Å². The highest BCUT2D eigenvalue weighted by Crippen LogP contribution is 2.34. The predicted molar refractivity (Wildman–Crippen MR) is 120 cm³/mol. The normalized spacial score (nSPS) is 25.1. The Balaban J connectivity index is 1.49. The van der Waals surface area contributed by atoms with Crippen LogP contribution in [0.5, 0.6) is 11.6 Å². The number of benzene rings is 2. The molecule has 2 aromatic carbocycles. The van der Waals surface area contributed by atoms with Crippen molar-refractivity contribution in [1.82, 2.24) is 10.2 Å². The fourth-order valence-corrected chi connectivity index (χ4v) is 3.93. The molecule has 0 saturated carbocycles. The Bertz CT molecular complexity index is 1080. The maximum absolute atomic E-state index is 10.4. The van der Waals surface area contributed by atoms with E-state index in [0.29, 0.717) is 28.6 Å². The van der Waals surface area contributed by atoms with Crippen molar-refractivity contribution in [2.24, 2.45) is 0 Å². The first-order valence-electron chi connectivity index (χ1n) is 10.5. The van der Waals surface area contributed by atoms with Gasteiger partial charge in [-0.05, 0) is 54.3 Å². The summed E-state index contributed by atoms with van der Waals surface area (Å²) in [6, 6.07) is 16.2. The van der Waals surface area contributed by atoms with Crippen LogP contribution in [0.25, 0.3) is 0 Å². The molecule has 3 aromatic rings.